The number of nitrogens with two attached hydrogens (primary N) is 1. The van der Waals surface area contributed by atoms with Crippen LogP contribution in [0, 0.1) is 0 Å². The Morgan fingerprint density at radius 2 is 1.77 bits per heavy atom. The Balaban J connectivity index is 1.31. The van der Waals surface area contributed by atoms with Crippen molar-refractivity contribution in [1.29, 1.82) is 0 Å². The molecule has 9 nitrogen and oxygen atoms in total. The smallest absolute Gasteiger partial charge is 0.266 e. The van der Waals surface area contributed by atoms with Crippen LogP contribution < -0.4 is 10.5 Å². The molecule has 1 unspecified atom stereocenters. The molecule has 2 aliphatic rings. The number of benzene rings is 3. The molecule has 2 amide bonds. The van der Waals surface area contributed by atoms with Crippen molar-refractivity contribution < 1.29 is 22.4 Å². The second kappa shape index (κ2) is 11.5. The van der Waals surface area contributed by atoms with Crippen molar-refractivity contribution >= 4 is 48.7 Å². The predicted octanol–water partition coefficient (Wildman–Crippen LogP) is 5.71. The van der Waals surface area contributed by atoms with Gasteiger partial charge in [-0.15, -0.1) is 0 Å². The highest BCUT2D eigenvalue weighted by molar-refractivity contribution is 9.10. The predicted molar refractivity (Wildman–Crippen MR) is 167 cm³/mol. The number of primary amides is 1. The molecule has 11 heteroatoms. The molecule has 0 spiro atoms. The van der Waals surface area contributed by atoms with Crippen LogP contribution in [0.25, 0.3) is 22.3 Å². The van der Waals surface area contributed by atoms with Crippen molar-refractivity contribution in [2.45, 2.75) is 56.3 Å². The number of rotatable bonds is 10. The molecule has 1 saturated carbocycles. The monoisotopic (exact) mass is 662 g/mol. The van der Waals surface area contributed by atoms with Gasteiger partial charge in [0.15, 0.2) is 0 Å². The molecule has 222 valence electrons. The zero-order valence-electron chi connectivity index (χ0n) is 23.5. The van der Waals surface area contributed by atoms with Crippen LogP contribution in [0.4, 0.5) is 0 Å². The van der Waals surface area contributed by atoms with Gasteiger partial charge in [0.05, 0.1) is 14.9 Å². The largest absolute Gasteiger partial charge is 0.455 e. The van der Waals surface area contributed by atoms with Gasteiger partial charge in [-0.1, -0.05) is 55.8 Å². The van der Waals surface area contributed by atoms with Crippen molar-refractivity contribution in [2.24, 2.45) is 5.73 Å². The van der Waals surface area contributed by atoms with Gasteiger partial charge in [-0.25, -0.2) is 13.1 Å². The molecule has 4 aromatic rings. The summed E-state index contributed by atoms with van der Waals surface area (Å²) < 4.78 is 34.7. The summed E-state index contributed by atoms with van der Waals surface area (Å²) in [4.78, 5) is 30.0. The molecule has 43 heavy (non-hydrogen) atoms. The summed E-state index contributed by atoms with van der Waals surface area (Å²) in [6, 6.07) is 20.7. The molecule has 1 aliphatic carbocycles. The molecule has 1 aliphatic heterocycles. The van der Waals surface area contributed by atoms with Crippen LogP contribution in [0.5, 0.6) is 0 Å². The van der Waals surface area contributed by atoms with Gasteiger partial charge in [-0.3, -0.25) is 9.59 Å². The number of carbonyl (C=O) groups is 2. The number of nitrogens with one attached hydrogen (secondary N) is 1. The van der Waals surface area contributed by atoms with Crippen LogP contribution in [0.2, 0.25) is 0 Å². The lowest BCUT2D eigenvalue weighted by Crippen LogP contribution is -2.41. The number of amides is 2. The first-order valence-electron chi connectivity index (χ1n) is 14.2. The minimum absolute atomic E-state index is 0.00736. The summed E-state index contributed by atoms with van der Waals surface area (Å²) in [5.41, 5.74) is 8.47. The van der Waals surface area contributed by atoms with Gasteiger partial charge in [0, 0.05) is 29.7 Å². The van der Waals surface area contributed by atoms with Gasteiger partial charge >= 0.3 is 0 Å². The first-order chi connectivity index (χ1) is 20.7. The molecule has 1 aromatic heterocycles. The summed E-state index contributed by atoms with van der Waals surface area (Å²) in [5.74, 6) is -0.812. The van der Waals surface area contributed by atoms with Gasteiger partial charge in [-0.05, 0) is 71.1 Å². The summed E-state index contributed by atoms with van der Waals surface area (Å²) >= 11 is 3.67. The van der Waals surface area contributed by atoms with E-state index < -0.39 is 21.8 Å². The molecule has 3 aromatic carbocycles. The maximum atomic E-state index is 13.3. The maximum Gasteiger partial charge on any atom is 0.266 e. The Morgan fingerprint density at radius 1 is 1.05 bits per heavy atom. The molecule has 1 fully saturated rings. The Bertz CT molecular complexity index is 1850. The highest BCUT2D eigenvalue weighted by Gasteiger charge is 2.41. The van der Waals surface area contributed by atoms with Crippen molar-refractivity contribution in [2.75, 3.05) is 0 Å². The Labute approximate surface area is 258 Å². The van der Waals surface area contributed by atoms with E-state index in [2.05, 4.69) is 37.4 Å². The van der Waals surface area contributed by atoms with Crippen molar-refractivity contribution in [3.63, 3.8) is 0 Å². The normalized spacial score (nSPS) is 16.9. The van der Waals surface area contributed by atoms with Crippen LogP contribution in [-0.4, -0.2) is 42.2 Å². The zero-order valence-corrected chi connectivity index (χ0v) is 25.9. The van der Waals surface area contributed by atoms with Gasteiger partial charge in [-0.2, -0.15) is 0 Å². The van der Waals surface area contributed by atoms with Crippen molar-refractivity contribution in [3.8, 4) is 11.3 Å². The number of hydrogen-bond acceptors (Lipinski definition) is 7. The first kappa shape index (κ1) is 29.0. The molecule has 1 atom stereocenters. The Hall–Kier alpha value is -4.09. The number of nitrogens with zero attached hydrogens (tertiary/aromatic N) is 2. The van der Waals surface area contributed by atoms with Gasteiger partial charge < -0.3 is 20.0 Å². The van der Waals surface area contributed by atoms with Crippen molar-refractivity contribution in [1.82, 2.24) is 14.5 Å². The third kappa shape index (κ3) is 5.66. The average Bonchev–Trinajstić information content (AvgIpc) is 3.71. The number of hydrogen-bond donors (Lipinski definition) is 2. The molecule has 0 radical (unpaired) electrons. The van der Waals surface area contributed by atoms with E-state index >= 15 is 0 Å². The standard InChI is InChI=1S/C32H31BrN4O5S/c1-2-8-28-36(21-14-15-21)19-26(31(34)38)37(28)18-20-13-16-27-25(17-20)29(33)30(42-27)23-11-6-7-12-24(23)32(39)35-43(40,41)22-9-4-3-5-10-22/h3-7,9-13,16-17,19,21,28H,2,8,14-15,18H2,1H3,(H2,34,38)(H,35,39). The third-order valence-corrected chi connectivity index (χ3v) is 9.93. The molecule has 6 rings (SSSR count). The zero-order chi connectivity index (χ0) is 30.3. The number of carbonyl (C=O) groups excluding carboxylic acids is 2. The molecule has 2 heterocycles. The minimum atomic E-state index is -4.07. The lowest BCUT2D eigenvalue weighted by molar-refractivity contribution is -0.116. The quantitative estimate of drug-likeness (QED) is 0.223. The van der Waals surface area contributed by atoms with E-state index in [-0.39, 0.29) is 16.6 Å². The van der Waals surface area contributed by atoms with Crippen LogP contribution in [-0.2, 0) is 21.4 Å². The molecular weight excluding hydrogens is 632 g/mol. The topological polar surface area (TPSA) is 126 Å². The second-order valence-corrected chi connectivity index (χ2v) is 13.3. The highest BCUT2D eigenvalue weighted by atomic mass is 79.9. The van der Waals surface area contributed by atoms with E-state index in [1.807, 2.05) is 24.4 Å². The van der Waals surface area contributed by atoms with Gasteiger partial charge in [0.25, 0.3) is 21.8 Å². The fourth-order valence-electron chi connectivity index (χ4n) is 5.60. The Kier molecular flexibility index (Phi) is 7.78. The molecule has 3 N–H and O–H groups in total. The number of sulfonamides is 1. The lowest BCUT2D eigenvalue weighted by atomic mass is 10.0. The average molecular weight is 664 g/mol. The van der Waals surface area contributed by atoms with E-state index in [9.17, 15) is 18.0 Å². The third-order valence-electron chi connectivity index (χ3n) is 7.79. The van der Waals surface area contributed by atoms with Crippen LogP contribution >= 0.6 is 15.9 Å². The van der Waals surface area contributed by atoms with E-state index in [1.165, 1.54) is 12.1 Å². The SMILES string of the molecule is CCCC1N(Cc2ccc3oc(-c4ccccc4C(=O)NS(=O)(=O)c4ccccc4)c(Br)c3c2)C(C(N)=O)=CN1C1CC1. The van der Waals surface area contributed by atoms with E-state index in [4.69, 9.17) is 10.2 Å². The molecular formula is C32H31BrN4O5S. The summed E-state index contributed by atoms with van der Waals surface area (Å²) in [7, 11) is -4.07. The summed E-state index contributed by atoms with van der Waals surface area (Å²) in [6.07, 6.45) is 6.10. The fourth-order valence-corrected chi connectivity index (χ4v) is 7.19. The maximum absolute atomic E-state index is 13.3. The summed E-state index contributed by atoms with van der Waals surface area (Å²) in [5, 5.41) is 0.787. The number of halogens is 1. The van der Waals surface area contributed by atoms with Crippen LogP contribution in [0.3, 0.4) is 0 Å². The van der Waals surface area contributed by atoms with Crippen molar-refractivity contribution in [3.05, 3.63) is 100 Å². The number of fused-ring (bicyclic) bond motifs is 1. The van der Waals surface area contributed by atoms with Crippen LogP contribution in [0.1, 0.15) is 48.5 Å². The van der Waals surface area contributed by atoms with E-state index in [0.29, 0.717) is 39.7 Å². The Morgan fingerprint density at radius 3 is 2.47 bits per heavy atom. The molecule has 0 saturated heterocycles. The van der Waals surface area contributed by atoms with E-state index in [0.717, 1.165) is 36.6 Å². The summed E-state index contributed by atoms with van der Waals surface area (Å²) in [6.45, 7) is 2.62. The fraction of sp³-hybridized carbons (Fsp3) is 0.250. The lowest BCUT2D eigenvalue weighted by Gasteiger charge is -2.34. The highest BCUT2D eigenvalue weighted by Crippen LogP contribution is 2.41. The first-order valence-corrected chi connectivity index (χ1v) is 16.4. The van der Waals surface area contributed by atoms with Gasteiger partial charge in [0.2, 0.25) is 0 Å². The van der Waals surface area contributed by atoms with E-state index in [1.54, 1.807) is 42.5 Å². The second-order valence-electron chi connectivity index (χ2n) is 10.8. The minimum Gasteiger partial charge on any atom is -0.455 e. The molecule has 0 bridgehead atoms. The van der Waals surface area contributed by atoms with Crippen LogP contribution in [0.15, 0.2) is 98.5 Å². The van der Waals surface area contributed by atoms with Gasteiger partial charge in [0.1, 0.15) is 23.2 Å². The number of furan rings is 1.